The van der Waals surface area contributed by atoms with E-state index in [2.05, 4.69) is 5.32 Å². The molecule has 106 valence electrons. The van der Waals surface area contributed by atoms with Crippen LogP contribution in [0.4, 0.5) is 8.78 Å². The lowest BCUT2D eigenvalue weighted by atomic mass is 9.85. The summed E-state index contributed by atoms with van der Waals surface area (Å²) < 4.78 is 26.0. The van der Waals surface area contributed by atoms with Gasteiger partial charge in [-0.05, 0) is 25.2 Å². The fourth-order valence-electron chi connectivity index (χ4n) is 2.29. The maximum absolute atomic E-state index is 13.0. The second-order valence-corrected chi connectivity index (χ2v) is 5.84. The van der Waals surface area contributed by atoms with Crippen molar-refractivity contribution in [3.05, 3.63) is 0 Å². The molecule has 1 rings (SSSR count). The van der Waals surface area contributed by atoms with E-state index in [1.54, 1.807) is 0 Å². The third-order valence-corrected chi connectivity index (χ3v) is 3.86. The van der Waals surface area contributed by atoms with Gasteiger partial charge < -0.3 is 5.32 Å². The average molecular weight is 282 g/mol. The Labute approximate surface area is 112 Å². The number of alkyl halides is 3. The first-order chi connectivity index (χ1) is 8.35. The van der Waals surface area contributed by atoms with Gasteiger partial charge in [0.2, 0.25) is 11.8 Å². The Morgan fingerprint density at radius 1 is 1.39 bits per heavy atom. The number of nitrogens with one attached hydrogen (secondary N) is 1. The van der Waals surface area contributed by atoms with Crippen molar-refractivity contribution in [1.29, 1.82) is 0 Å². The molecule has 1 aliphatic carbocycles. The summed E-state index contributed by atoms with van der Waals surface area (Å²) in [5, 5.41) is 2.95. The first kappa shape index (κ1) is 15.7. The van der Waals surface area contributed by atoms with Crippen LogP contribution in [0.1, 0.15) is 46.0 Å². The van der Waals surface area contributed by atoms with Crippen molar-refractivity contribution in [2.75, 3.05) is 5.88 Å². The van der Waals surface area contributed by atoms with Crippen molar-refractivity contribution in [2.45, 2.75) is 57.9 Å². The minimum Gasteiger partial charge on any atom is -0.353 e. The molecular formula is C13H22ClF2NO. The quantitative estimate of drug-likeness (QED) is 0.767. The molecule has 18 heavy (non-hydrogen) atoms. The molecule has 0 bridgehead atoms. The lowest BCUT2D eigenvalue weighted by Gasteiger charge is -2.30. The van der Waals surface area contributed by atoms with E-state index >= 15 is 0 Å². The van der Waals surface area contributed by atoms with Gasteiger partial charge in [-0.25, -0.2) is 8.78 Å². The van der Waals surface area contributed by atoms with Crippen molar-refractivity contribution in [1.82, 2.24) is 5.32 Å². The van der Waals surface area contributed by atoms with E-state index in [9.17, 15) is 13.6 Å². The standard InChI is InChI=1S/C13H22ClF2NO/c1-9(2)11(5-8-14)17-12(18)10-3-6-13(15,16)7-4-10/h9-11H,3-8H2,1-2H3,(H,17,18). The highest BCUT2D eigenvalue weighted by Gasteiger charge is 2.37. The molecule has 5 heteroatoms. The molecule has 0 aromatic heterocycles. The molecule has 0 saturated heterocycles. The van der Waals surface area contributed by atoms with Gasteiger partial charge in [0.15, 0.2) is 0 Å². The summed E-state index contributed by atoms with van der Waals surface area (Å²) in [7, 11) is 0. The zero-order valence-electron chi connectivity index (χ0n) is 11.0. The summed E-state index contributed by atoms with van der Waals surface area (Å²) in [4.78, 5) is 12.0. The van der Waals surface area contributed by atoms with Crippen LogP contribution in [0, 0.1) is 11.8 Å². The summed E-state index contributed by atoms with van der Waals surface area (Å²) in [6.45, 7) is 4.04. The van der Waals surface area contributed by atoms with Gasteiger partial charge in [0.25, 0.3) is 0 Å². The second kappa shape index (κ2) is 6.69. The molecule has 1 aliphatic rings. The number of carbonyl (C=O) groups is 1. The van der Waals surface area contributed by atoms with Crippen LogP contribution in [0.5, 0.6) is 0 Å². The van der Waals surface area contributed by atoms with Crippen LogP contribution in [0.15, 0.2) is 0 Å². The van der Waals surface area contributed by atoms with Crippen molar-refractivity contribution < 1.29 is 13.6 Å². The molecule has 0 spiro atoms. The molecule has 1 N–H and O–H groups in total. The van der Waals surface area contributed by atoms with Gasteiger partial charge in [0.1, 0.15) is 0 Å². The molecule has 1 atom stereocenters. The van der Waals surface area contributed by atoms with Gasteiger partial charge in [-0.15, -0.1) is 11.6 Å². The topological polar surface area (TPSA) is 29.1 Å². The Bertz CT molecular complexity index is 274. The van der Waals surface area contributed by atoms with Crippen LogP contribution in [-0.4, -0.2) is 23.8 Å². The molecular weight excluding hydrogens is 260 g/mol. The number of hydrogen-bond donors (Lipinski definition) is 1. The van der Waals surface area contributed by atoms with Crippen LogP contribution >= 0.6 is 11.6 Å². The largest absolute Gasteiger partial charge is 0.353 e. The highest BCUT2D eigenvalue weighted by molar-refractivity contribution is 6.17. The van der Waals surface area contributed by atoms with Gasteiger partial charge in [-0.3, -0.25) is 4.79 Å². The molecule has 1 fully saturated rings. The zero-order valence-corrected chi connectivity index (χ0v) is 11.8. The molecule has 1 unspecified atom stereocenters. The summed E-state index contributed by atoms with van der Waals surface area (Å²) >= 11 is 5.70. The average Bonchev–Trinajstić information content (AvgIpc) is 2.28. The highest BCUT2D eigenvalue weighted by Crippen LogP contribution is 2.36. The number of carbonyl (C=O) groups excluding carboxylic acids is 1. The summed E-state index contributed by atoms with van der Waals surface area (Å²) in [6, 6.07) is 0.0393. The number of rotatable bonds is 5. The Hall–Kier alpha value is -0.380. The van der Waals surface area contributed by atoms with Gasteiger partial charge >= 0.3 is 0 Å². The zero-order chi connectivity index (χ0) is 13.8. The van der Waals surface area contributed by atoms with E-state index in [0.29, 0.717) is 18.2 Å². The van der Waals surface area contributed by atoms with E-state index in [-0.39, 0.29) is 43.6 Å². The van der Waals surface area contributed by atoms with E-state index in [4.69, 9.17) is 11.6 Å². The predicted octanol–water partition coefficient (Wildman–Crippen LogP) is 3.58. The van der Waals surface area contributed by atoms with Crippen LogP contribution in [-0.2, 0) is 4.79 Å². The van der Waals surface area contributed by atoms with Crippen LogP contribution < -0.4 is 5.32 Å². The maximum atomic E-state index is 13.0. The normalized spacial score (nSPS) is 21.9. The first-order valence-corrected chi connectivity index (χ1v) is 7.13. The minimum atomic E-state index is -2.58. The molecule has 0 aliphatic heterocycles. The molecule has 0 radical (unpaired) electrons. The Morgan fingerprint density at radius 2 is 1.94 bits per heavy atom. The number of halogens is 3. The van der Waals surface area contributed by atoms with Crippen LogP contribution in [0.3, 0.4) is 0 Å². The molecule has 2 nitrogen and oxygen atoms in total. The first-order valence-electron chi connectivity index (χ1n) is 6.60. The van der Waals surface area contributed by atoms with Gasteiger partial charge in [0.05, 0.1) is 0 Å². The molecule has 0 aromatic carbocycles. The summed E-state index contributed by atoms with van der Waals surface area (Å²) in [6.07, 6.45) is 0.933. The second-order valence-electron chi connectivity index (χ2n) is 5.47. The summed E-state index contributed by atoms with van der Waals surface area (Å²) in [5.74, 6) is -2.13. The highest BCUT2D eigenvalue weighted by atomic mass is 35.5. The van der Waals surface area contributed by atoms with Gasteiger partial charge in [0, 0.05) is 30.7 Å². The Balaban J connectivity index is 2.45. The lowest BCUT2D eigenvalue weighted by molar-refractivity contribution is -0.130. The van der Waals surface area contributed by atoms with E-state index in [1.165, 1.54) is 0 Å². The Kier molecular flexibility index (Phi) is 5.83. The van der Waals surface area contributed by atoms with Crippen molar-refractivity contribution in [3.8, 4) is 0 Å². The van der Waals surface area contributed by atoms with E-state index in [1.807, 2.05) is 13.8 Å². The van der Waals surface area contributed by atoms with E-state index in [0.717, 1.165) is 0 Å². The van der Waals surface area contributed by atoms with E-state index < -0.39 is 5.92 Å². The molecule has 0 aromatic rings. The molecule has 1 saturated carbocycles. The third kappa shape index (κ3) is 4.71. The smallest absolute Gasteiger partial charge is 0.248 e. The Morgan fingerprint density at radius 3 is 2.39 bits per heavy atom. The van der Waals surface area contributed by atoms with Crippen LogP contribution in [0.25, 0.3) is 0 Å². The minimum absolute atomic E-state index is 0.0393. The molecule has 1 amide bonds. The fourth-order valence-corrected chi connectivity index (χ4v) is 2.53. The van der Waals surface area contributed by atoms with Crippen molar-refractivity contribution in [3.63, 3.8) is 0 Å². The fraction of sp³-hybridized carbons (Fsp3) is 0.923. The maximum Gasteiger partial charge on any atom is 0.248 e. The lowest BCUT2D eigenvalue weighted by Crippen LogP contribution is -2.43. The third-order valence-electron chi connectivity index (χ3n) is 3.64. The van der Waals surface area contributed by atoms with Gasteiger partial charge in [-0.1, -0.05) is 13.8 Å². The van der Waals surface area contributed by atoms with Gasteiger partial charge in [-0.2, -0.15) is 0 Å². The summed E-state index contributed by atoms with van der Waals surface area (Å²) in [5.41, 5.74) is 0. The monoisotopic (exact) mass is 281 g/mol. The predicted molar refractivity (Wildman–Crippen MR) is 69.0 cm³/mol. The number of hydrogen-bond acceptors (Lipinski definition) is 1. The molecule has 0 heterocycles. The SMILES string of the molecule is CC(C)C(CCCl)NC(=O)C1CCC(F)(F)CC1. The van der Waals surface area contributed by atoms with Crippen molar-refractivity contribution >= 4 is 17.5 Å². The van der Waals surface area contributed by atoms with Crippen LogP contribution in [0.2, 0.25) is 0 Å². The van der Waals surface area contributed by atoms with Crippen molar-refractivity contribution in [2.24, 2.45) is 11.8 Å². The number of amides is 1.